The molecule has 0 fully saturated rings. The third kappa shape index (κ3) is 13.2. The van der Waals surface area contributed by atoms with Crippen molar-refractivity contribution in [1.29, 1.82) is 0 Å². The Bertz CT molecular complexity index is 759. The summed E-state index contributed by atoms with van der Waals surface area (Å²) in [7, 11) is 0. The SMILES string of the molecule is C=CC(=O)OC(CCCCC(=O)O)Cc1ccc(CC(CCCCC(=O)O)OC(=O)C=C)cc1. The lowest BCUT2D eigenvalue weighted by Gasteiger charge is -2.19. The molecule has 2 atom stereocenters. The molecule has 0 aliphatic rings. The first-order valence-electron chi connectivity index (χ1n) is 11.4. The van der Waals surface area contributed by atoms with Crippen LogP contribution in [0.25, 0.3) is 0 Å². The summed E-state index contributed by atoms with van der Waals surface area (Å²) < 4.78 is 10.8. The highest BCUT2D eigenvalue weighted by molar-refractivity contribution is 5.81. The van der Waals surface area contributed by atoms with Gasteiger partial charge in [0.25, 0.3) is 0 Å². The Morgan fingerprint density at radius 3 is 1.35 bits per heavy atom. The number of hydrogen-bond donors (Lipinski definition) is 2. The first-order valence-corrected chi connectivity index (χ1v) is 11.4. The van der Waals surface area contributed by atoms with Crippen LogP contribution in [-0.4, -0.2) is 46.3 Å². The molecule has 8 nitrogen and oxygen atoms in total. The second-order valence-corrected chi connectivity index (χ2v) is 8.03. The molecule has 2 N–H and O–H groups in total. The number of aliphatic carboxylic acids is 2. The molecule has 8 heteroatoms. The molecular weight excluding hydrogens is 440 g/mol. The highest BCUT2D eigenvalue weighted by atomic mass is 16.5. The number of unbranched alkanes of at least 4 members (excludes halogenated alkanes) is 2. The van der Waals surface area contributed by atoms with Crippen LogP contribution in [-0.2, 0) is 41.5 Å². The Balaban J connectivity index is 2.72. The lowest BCUT2D eigenvalue weighted by molar-refractivity contribution is -0.144. The zero-order chi connectivity index (χ0) is 25.3. The van der Waals surface area contributed by atoms with Gasteiger partial charge < -0.3 is 19.7 Å². The minimum absolute atomic E-state index is 0.0741. The predicted octanol–water partition coefficient (Wildman–Crippen LogP) is 4.26. The Hall–Kier alpha value is -3.42. The first kappa shape index (κ1) is 28.6. The van der Waals surface area contributed by atoms with Crippen molar-refractivity contribution in [3.05, 3.63) is 60.7 Å². The van der Waals surface area contributed by atoms with Crippen molar-refractivity contribution in [1.82, 2.24) is 0 Å². The van der Waals surface area contributed by atoms with E-state index in [0.717, 1.165) is 23.3 Å². The van der Waals surface area contributed by atoms with Crippen LogP contribution in [0.4, 0.5) is 0 Å². The Morgan fingerprint density at radius 1 is 0.706 bits per heavy atom. The van der Waals surface area contributed by atoms with Crippen LogP contribution in [0.5, 0.6) is 0 Å². The van der Waals surface area contributed by atoms with Crippen molar-refractivity contribution in [2.75, 3.05) is 0 Å². The van der Waals surface area contributed by atoms with Crippen LogP contribution < -0.4 is 0 Å². The van der Waals surface area contributed by atoms with E-state index in [1.165, 1.54) is 0 Å². The maximum atomic E-state index is 11.7. The number of carboxylic acids is 2. The molecule has 186 valence electrons. The molecule has 1 rings (SSSR count). The largest absolute Gasteiger partial charge is 0.481 e. The molecule has 1 aromatic carbocycles. The Labute approximate surface area is 200 Å². The van der Waals surface area contributed by atoms with E-state index in [1.807, 2.05) is 24.3 Å². The van der Waals surface area contributed by atoms with Gasteiger partial charge in [0.15, 0.2) is 0 Å². The summed E-state index contributed by atoms with van der Waals surface area (Å²) in [5.41, 5.74) is 1.90. The van der Waals surface area contributed by atoms with Crippen LogP contribution in [0, 0.1) is 0 Å². The third-order valence-corrected chi connectivity index (χ3v) is 5.18. The topological polar surface area (TPSA) is 127 Å². The summed E-state index contributed by atoms with van der Waals surface area (Å²) in [6.07, 6.45) is 5.90. The average Bonchev–Trinajstić information content (AvgIpc) is 2.80. The van der Waals surface area contributed by atoms with Crippen LogP contribution >= 0.6 is 0 Å². The fourth-order valence-electron chi connectivity index (χ4n) is 3.46. The van der Waals surface area contributed by atoms with Gasteiger partial charge in [-0.25, -0.2) is 9.59 Å². The summed E-state index contributed by atoms with van der Waals surface area (Å²) >= 11 is 0. The molecule has 0 bridgehead atoms. The number of rotatable bonds is 18. The van der Waals surface area contributed by atoms with Crippen molar-refractivity contribution in [3.63, 3.8) is 0 Å². The molecule has 34 heavy (non-hydrogen) atoms. The highest BCUT2D eigenvalue weighted by Crippen LogP contribution is 2.18. The smallest absolute Gasteiger partial charge is 0.330 e. The normalized spacial score (nSPS) is 12.2. The number of esters is 2. The van der Waals surface area contributed by atoms with E-state index in [2.05, 4.69) is 13.2 Å². The molecule has 0 saturated carbocycles. The highest BCUT2D eigenvalue weighted by Gasteiger charge is 2.16. The second kappa shape index (κ2) is 16.2. The molecule has 0 saturated heterocycles. The number of ether oxygens (including phenoxy) is 2. The zero-order valence-corrected chi connectivity index (χ0v) is 19.4. The molecule has 2 unspecified atom stereocenters. The van der Waals surface area contributed by atoms with Gasteiger partial charge in [-0.1, -0.05) is 37.4 Å². The number of carbonyl (C=O) groups excluding carboxylic acids is 2. The molecule has 1 aromatic rings. The number of carbonyl (C=O) groups is 4. The van der Waals surface area contributed by atoms with Crippen molar-refractivity contribution < 1.29 is 38.9 Å². The summed E-state index contributed by atoms with van der Waals surface area (Å²) in [5, 5.41) is 17.6. The number of benzene rings is 1. The van der Waals surface area contributed by atoms with Gasteiger partial charge in [0, 0.05) is 37.8 Å². The van der Waals surface area contributed by atoms with Crippen molar-refractivity contribution >= 4 is 23.9 Å². The number of hydrogen-bond acceptors (Lipinski definition) is 6. The first-order chi connectivity index (χ1) is 16.2. The van der Waals surface area contributed by atoms with Gasteiger partial charge >= 0.3 is 23.9 Å². The van der Waals surface area contributed by atoms with E-state index in [-0.39, 0.29) is 25.0 Å². The van der Waals surface area contributed by atoms with Gasteiger partial charge in [0.05, 0.1) is 0 Å². The molecule has 0 amide bonds. The average molecular weight is 475 g/mol. The molecule has 0 radical (unpaired) electrons. The van der Waals surface area contributed by atoms with Gasteiger partial charge in [-0.05, 0) is 49.7 Å². The fraction of sp³-hybridized carbons (Fsp3) is 0.462. The fourth-order valence-corrected chi connectivity index (χ4v) is 3.46. The van der Waals surface area contributed by atoms with E-state index < -0.39 is 23.9 Å². The zero-order valence-electron chi connectivity index (χ0n) is 19.4. The standard InChI is InChI=1S/C26H34O8/c1-3-25(31)33-21(9-5-7-11-23(27)28)17-19-13-15-20(16-14-19)18-22(34-26(32)4-2)10-6-8-12-24(29)30/h3-4,13-16,21-22H,1-2,5-12,17-18H2,(H,27,28)(H,29,30). The lowest BCUT2D eigenvalue weighted by Crippen LogP contribution is -2.20. The van der Waals surface area contributed by atoms with Gasteiger partial charge in [0.2, 0.25) is 0 Å². The van der Waals surface area contributed by atoms with E-state index in [1.54, 1.807) is 0 Å². The monoisotopic (exact) mass is 474 g/mol. The lowest BCUT2D eigenvalue weighted by atomic mass is 9.98. The molecular formula is C26H34O8. The summed E-state index contributed by atoms with van der Waals surface area (Å²) in [5.74, 6) is -2.74. The summed E-state index contributed by atoms with van der Waals surface area (Å²) in [6, 6.07) is 7.66. The minimum Gasteiger partial charge on any atom is -0.481 e. The third-order valence-electron chi connectivity index (χ3n) is 5.18. The minimum atomic E-state index is -0.853. The van der Waals surface area contributed by atoms with Gasteiger partial charge in [-0.3, -0.25) is 9.59 Å². The molecule has 0 aromatic heterocycles. The van der Waals surface area contributed by atoms with E-state index >= 15 is 0 Å². The van der Waals surface area contributed by atoms with Crippen LogP contribution in [0.1, 0.15) is 62.5 Å². The van der Waals surface area contributed by atoms with Crippen molar-refractivity contribution in [2.45, 2.75) is 76.4 Å². The van der Waals surface area contributed by atoms with Crippen LogP contribution in [0.15, 0.2) is 49.6 Å². The molecule has 0 heterocycles. The Morgan fingerprint density at radius 2 is 1.06 bits per heavy atom. The number of carboxylic acid groups (broad SMARTS) is 2. The molecule has 0 aliphatic carbocycles. The summed E-state index contributed by atoms with van der Waals surface area (Å²) in [6.45, 7) is 6.84. The molecule has 0 aliphatic heterocycles. The van der Waals surface area contributed by atoms with E-state index in [9.17, 15) is 19.2 Å². The van der Waals surface area contributed by atoms with Gasteiger partial charge in [0.1, 0.15) is 12.2 Å². The van der Waals surface area contributed by atoms with E-state index in [0.29, 0.717) is 51.4 Å². The van der Waals surface area contributed by atoms with Crippen LogP contribution in [0.3, 0.4) is 0 Å². The van der Waals surface area contributed by atoms with Gasteiger partial charge in [-0.2, -0.15) is 0 Å². The summed E-state index contributed by atoms with van der Waals surface area (Å²) in [4.78, 5) is 44.7. The maximum Gasteiger partial charge on any atom is 0.330 e. The van der Waals surface area contributed by atoms with Crippen molar-refractivity contribution in [2.24, 2.45) is 0 Å². The predicted molar refractivity (Wildman–Crippen MR) is 126 cm³/mol. The van der Waals surface area contributed by atoms with Crippen molar-refractivity contribution in [3.8, 4) is 0 Å². The van der Waals surface area contributed by atoms with Crippen LogP contribution in [0.2, 0.25) is 0 Å². The van der Waals surface area contributed by atoms with E-state index in [4.69, 9.17) is 19.7 Å². The second-order valence-electron chi connectivity index (χ2n) is 8.03. The maximum absolute atomic E-state index is 11.7. The Kier molecular flexibility index (Phi) is 13.7. The van der Waals surface area contributed by atoms with Gasteiger partial charge in [-0.15, -0.1) is 0 Å². The quantitative estimate of drug-likeness (QED) is 0.184. The molecule has 0 spiro atoms.